The number of urea groups is 1. The van der Waals surface area contributed by atoms with Gasteiger partial charge in [0, 0.05) is 6.54 Å². The molecule has 0 saturated carbocycles. The lowest BCUT2D eigenvalue weighted by Gasteiger charge is -2.24. The normalized spacial score (nSPS) is 19.1. The van der Waals surface area contributed by atoms with Crippen molar-refractivity contribution >= 4 is 11.9 Å². The molecule has 1 aliphatic heterocycles. The Bertz CT molecular complexity index is 834. The van der Waals surface area contributed by atoms with Crippen LogP contribution in [0.1, 0.15) is 24.5 Å². The zero-order chi connectivity index (χ0) is 19.4. The molecule has 0 spiro atoms. The number of nitrogens with zero attached hydrogens (tertiary/aromatic N) is 1. The Hall–Kier alpha value is -3.02. The van der Waals surface area contributed by atoms with Crippen LogP contribution >= 0.6 is 0 Å². The van der Waals surface area contributed by atoms with E-state index in [1.54, 1.807) is 14.0 Å². The molecule has 3 amide bonds. The summed E-state index contributed by atoms with van der Waals surface area (Å²) in [6.07, 6.45) is 0.551. The Morgan fingerprint density at radius 3 is 2.37 bits per heavy atom. The second kappa shape index (κ2) is 7.70. The second-order valence-electron chi connectivity index (χ2n) is 6.70. The van der Waals surface area contributed by atoms with Gasteiger partial charge in [-0.1, -0.05) is 24.3 Å². The van der Waals surface area contributed by atoms with Crippen molar-refractivity contribution in [3.8, 4) is 11.5 Å². The summed E-state index contributed by atoms with van der Waals surface area (Å²) in [6.45, 7) is 4.40. The maximum absolute atomic E-state index is 12.9. The highest BCUT2D eigenvalue weighted by Gasteiger charge is 2.49. The highest BCUT2D eigenvalue weighted by Crippen LogP contribution is 2.31. The first-order valence-electron chi connectivity index (χ1n) is 8.93. The number of hydrogen-bond acceptors (Lipinski definition) is 4. The van der Waals surface area contributed by atoms with Gasteiger partial charge in [0.15, 0.2) is 0 Å². The number of nitrogens with one attached hydrogen (secondary N) is 1. The number of benzene rings is 2. The fraction of sp³-hybridized carbons (Fsp3) is 0.333. The van der Waals surface area contributed by atoms with E-state index in [4.69, 9.17) is 9.47 Å². The summed E-state index contributed by atoms with van der Waals surface area (Å²) in [5, 5.41) is 2.84. The Balaban J connectivity index is 1.58. The molecule has 6 nitrogen and oxygen atoms in total. The lowest BCUT2D eigenvalue weighted by molar-refractivity contribution is -0.131. The van der Waals surface area contributed by atoms with E-state index in [2.05, 4.69) is 5.32 Å². The highest BCUT2D eigenvalue weighted by atomic mass is 16.5. The SMILES string of the molecule is COc1ccc(OCCCN2C(=O)NC(C)(c3ccccc3C)C2=O)cc1. The minimum Gasteiger partial charge on any atom is -0.497 e. The van der Waals surface area contributed by atoms with Crippen LogP contribution < -0.4 is 14.8 Å². The number of ether oxygens (including phenoxy) is 2. The monoisotopic (exact) mass is 368 g/mol. The minimum atomic E-state index is -1.03. The predicted molar refractivity (Wildman–Crippen MR) is 102 cm³/mol. The largest absolute Gasteiger partial charge is 0.497 e. The van der Waals surface area contributed by atoms with E-state index in [0.717, 1.165) is 22.6 Å². The molecular formula is C21H24N2O4. The predicted octanol–water partition coefficient (Wildman–Crippen LogP) is 3.24. The lowest BCUT2D eigenvalue weighted by Crippen LogP contribution is -2.41. The topological polar surface area (TPSA) is 67.9 Å². The highest BCUT2D eigenvalue weighted by molar-refractivity contribution is 6.07. The van der Waals surface area contributed by atoms with Crippen molar-refractivity contribution < 1.29 is 19.1 Å². The van der Waals surface area contributed by atoms with Gasteiger partial charge in [-0.3, -0.25) is 9.69 Å². The number of imide groups is 1. The summed E-state index contributed by atoms with van der Waals surface area (Å²) >= 11 is 0. The van der Waals surface area contributed by atoms with Crippen LogP contribution in [0.25, 0.3) is 0 Å². The van der Waals surface area contributed by atoms with Crippen LogP contribution in [0.3, 0.4) is 0 Å². The number of methoxy groups -OCH3 is 1. The first-order valence-corrected chi connectivity index (χ1v) is 8.93. The molecule has 3 rings (SSSR count). The molecule has 1 fully saturated rings. The first kappa shape index (κ1) is 18.8. The molecule has 2 aromatic rings. The van der Waals surface area contributed by atoms with Gasteiger partial charge in [0.2, 0.25) is 0 Å². The standard InChI is InChI=1S/C21H24N2O4/c1-15-7-4-5-8-18(15)21(2)19(24)23(20(25)22-21)13-6-14-27-17-11-9-16(26-3)10-12-17/h4-5,7-12H,6,13-14H2,1-3H3,(H,22,25). The van der Waals surface area contributed by atoms with E-state index in [0.29, 0.717) is 19.6 Å². The molecule has 0 aromatic heterocycles. The quantitative estimate of drug-likeness (QED) is 0.602. The third-order valence-electron chi connectivity index (χ3n) is 4.81. The van der Waals surface area contributed by atoms with E-state index in [-0.39, 0.29) is 11.9 Å². The molecule has 6 heteroatoms. The van der Waals surface area contributed by atoms with E-state index < -0.39 is 5.54 Å². The second-order valence-corrected chi connectivity index (χ2v) is 6.70. The van der Waals surface area contributed by atoms with Crippen LogP contribution in [-0.4, -0.2) is 37.1 Å². The van der Waals surface area contributed by atoms with Crippen molar-refractivity contribution in [1.29, 1.82) is 0 Å². The summed E-state index contributed by atoms with van der Waals surface area (Å²) in [4.78, 5) is 26.5. The van der Waals surface area contributed by atoms with Gasteiger partial charge in [-0.2, -0.15) is 0 Å². The van der Waals surface area contributed by atoms with Gasteiger partial charge in [0.25, 0.3) is 5.91 Å². The molecule has 1 atom stereocenters. The average Bonchev–Trinajstić information content (AvgIpc) is 2.89. The molecule has 142 valence electrons. The maximum atomic E-state index is 12.9. The lowest BCUT2D eigenvalue weighted by atomic mass is 9.88. The molecule has 1 heterocycles. The Morgan fingerprint density at radius 2 is 1.70 bits per heavy atom. The Kier molecular flexibility index (Phi) is 5.35. The minimum absolute atomic E-state index is 0.230. The number of hydrogen-bond donors (Lipinski definition) is 1. The van der Waals surface area contributed by atoms with Gasteiger partial charge >= 0.3 is 6.03 Å². The van der Waals surface area contributed by atoms with Crippen molar-refractivity contribution in [1.82, 2.24) is 10.2 Å². The van der Waals surface area contributed by atoms with Crippen molar-refractivity contribution in [3.63, 3.8) is 0 Å². The van der Waals surface area contributed by atoms with E-state index in [1.807, 2.05) is 55.5 Å². The van der Waals surface area contributed by atoms with Crippen LogP contribution in [0.2, 0.25) is 0 Å². The molecule has 1 aliphatic rings. The van der Waals surface area contributed by atoms with Gasteiger partial charge in [-0.05, 0) is 55.7 Å². The first-order chi connectivity index (χ1) is 13.0. The average molecular weight is 368 g/mol. The molecule has 0 aliphatic carbocycles. The van der Waals surface area contributed by atoms with Crippen LogP contribution in [0, 0.1) is 6.92 Å². The van der Waals surface area contributed by atoms with Gasteiger partial charge < -0.3 is 14.8 Å². The molecule has 2 aromatic carbocycles. The Morgan fingerprint density at radius 1 is 1.04 bits per heavy atom. The molecule has 27 heavy (non-hydrogen) atoms. The molecular weight excluding hydrogens is 344 g/mol. The third-order valence-corrected chi connectivity index (χ3v) is 4.81. The van der Waals surface area contributed by atoms with Crippen LogP contribution in [0.4, 0.5) is 4.79 Å². The van der Waals surface area contributed by atoms with E-state index in [1.165, 1.54) is 4.90 Å². The zero-order valence-corrected chi connectivity index (χ0v) is 15.8. The Labute approximate surface area is 159 Å². The maximum Gasteiger partial charge on any atom is 0.325 e. The van der Waals surface area contributed by atoms with Gasteiger partial charge in [0.1, 0.15) is 17.0 Å². The number of carbonyl (C=O) groups is 2. The van der Waals surface area contributed by atoms with Crippen molar-refractivity contribution in [3.05, 3.63) is 59.7 Å². The smallest absolute Gasteiger partial charge is 0.325 e. The number of carbonyl (C=O) groups excluding carboxylic acids is 2. The van der Waals surface area contributed by atoms with Crippen LogP contribution in [-0.2, 0) is 10.3 Å². The van der Waals surface area contributed by atoms with Crippen LogP contribution in [0.15, 0.2) is 48.5 Å². The summed E-state index contributed by atoms with van der Waals surface area (Å²) in [5.74, 6) is 1.25. The molecule has 1 unspecified atom stereocenters. The van der Waals surface area contributed by atoms with Crippen LogP contribution in [0.5, 0.6) is 11.5 Å². The molecule has 0 bridgehead atoms. The molecule has 1 N–H and O–H groups in total. The van der Waals surface area contributed by atoms with Crippen molar-refractivity contribution in [2.75, 3.05) is 20.3 Å². The van der Waals surface area contributed by atoms with Gasteiger partial charge in [-0.15, -0.1) is 0 Å². The molecule has 0 radical (unpaired) electrons. The summed E-state index contributed by atoms with van der Waals surface area (Å²) in [7, 11) is 1.61. The number of amides is 3. The van der Waals surface area contributed by atoms with E-state index in [9.17, 15) is 9.59 Å². The van der Waals surface area contributed by atoms with Crippen molar-refractivity contribution in [2.45, 2.75) is 25.8 Å². The number of aryl methyl sites for hydroxylation is 1. The fourth-order valence-electron chi connectivity index (χ4n) is 3.30. The summed E-state index contributed by atoms with van der Waals surface area (Å²) in [6, 6.07) is 14.5. The van der Waals surface area contributed by atoms with Gasteiger partial charge in [0.05, 0.1) is 13.7 Å². The third kappa shape index (κ3) is 3.74. The molecule has 1 saturated heterocycles. The van der Waals surface area contributed by atoms with E-state index >= 15 is 0 Å². The van der Waals surface area contributed by atoms with Gasteiger partial charge in [-0.25, -0.2) is 4.79 Å². The zero-order valence-electron chi connectivity index (χ0n) is 15.8. The summed E-state index contributed by atoms with van der Waals surface area (Å²) < 4.78 is 10.8. The fourth-order valence-corrected chi connectivity index (χ4v) is 3.30. The van der Waals surface area contributed by atoms with Crippen molar-refractivity contribution in [2.24, 2.45) is 0 Å². The summed E-state index contributed by atoms with van der Waals surface area (Å²) in [5.41, 5.74) is 0.762. The number of rotatable bonds is 7.